The minimum atomic E-state index is -3.51. The van der Waals surface area contributed by atoms with Crippen LogP contribution in [-0.2, 0) is 4.79 Å². The van der Waals surface area contributed by atoms with Crippen LogP contribution in [0.4, 0.5) is 0 Å². The number of hydrogen-bond donors (Lipinski definition) is 1. The smallest absolute Gasteiger partial charge is 0.185 e. The van der Waals surface area contributed by atoms with Crippen LogP contribution in [0.15, 0.2) is 121 Å². The van der Waals surface area contributed by atoms with Crippen LogP contribution in [0.25, 0.3) is 6.08 Å². The highest BCUT2D eigenvalue weighted by Crippen LogP contribution is 2.72. The molecular weight excluding hydrogens is 577 g/mol. The number of nitrogens with zero attached hydrogens (tertiary/aromatic N) is 2. The van der Waals surface area contributed by atoms with Crippen LogP contribution in [-0.4, -0.2) is 34.3 Å². The molecule has 0 amide bonds. The Labute approximate surface area is 268 Å². The Morgan fingerprint density at radius 2 is 1.24 bits per heavy atom. The summed E-state index contributed by atoms with van der Waals surface area (Å²) in [6.07, 6.45) is 3.60. The van der Waals surface area contributed by atoms with Gasteiger partial charge in [-0.3, -0.25) is 4.79 Å². The van der Waals surface area contributed by atoms with Crippen molar-refractivity contribution in [3.63, 3.8) is 0 Å². The molecule has 4 aromatic carbocycles. The molecule has 0 bridgehead atoms. The van der Waals surface area contributed by atoms with Gasteiger partial charge in [0.15, 0.2) is 13.7 Å². The number of hydrogen-bond acceptors (Lipinski definition) is 6. The van der Waals surface area contributed by atoms with Crippen LogP contribution in [0.2, 0.25) is 0 Å². The lowest BCUT2D eigenvalue weighted by molar-refractivity contribution is -0.198. The predicted octanol–water partition coefficient (Wildman–Crippen LogP) is 7.95. The van der Waals surface area contributed by atoms with Gasteiger partial charge >= 0.3 is 0 Å². The molecule has 45 heavy (non-hydrogen) atoms. The summed E-state index contributed by atoms with van der Waals surface area (Å²) >= 11 is 0. The van der Waals surface area contributed by atoms with Crippen molar-refractivity contribution in [1.82, 2.24) is 14.4 Å². The van der Waals surface area contributed by atoms with Crippen LogP contribution in [0.5, 0.6) is 5.75 Å². The summed E-state index contributed by atoms with van der Waals surface area (Å²) in [5.74, 6) is 0.672. The van der Waals surface area contributed by atoms with E-state index in [9.17, 15) is 4.79 Å². The predicted molar refractivity (Wildman–Crippen MR) is 183 cm³/mol. The molecule has 1 N–H and O–H groups in total. The second-order valence-electron chi connectivity index (χ2n) is 12.1. The highest BCUT2D eigenvalue weighted by atomic mass is 31.2. The lowest BCUT2D eigenvalue weighted by Gasteiger charge is -2.45. The standard InChI is InChI=1S/C38H44N3O3P/c1-28(2)40-37(32-17-11-7-12-18-32)38(33-19-13-8-14-20-33)41(29(3)4)45(40,43)39-36(31-22-25-35(44-5)26-23-31)27-34(42)24-21-30-15-9-6-10-16-30/h6-26,28-29,36-38H,27H2,1-5H3,(H,39,43)/b24-21+/t36-,37-,38-/m0/s1. The van der Waals surface area contributed by atoms with E-state index < -0.39 is 14.0 Å². The first-order chi connectivity index (χ1) is 21.7. The number of carbonyl (C=O) groups is 1. The van der Waals surface area contributed by atoms with Crippen LogP contribution < -0.4 is 14.7 Å². The van der Waals surface area contributed by atoms with Crippen molar-refractivity contribution in [3.8, 4) is 5.75 Å². The van der Waals surface area contributed by atoms with Gasteiger partial charge in [0.25, 0.3) is 0 Å². The fraction of sp³-hybridized carbons (Fsp3) is 0.289. The second kappa shape index (κ2) is 14.6. The van der Waals surface area contributed by atoms with E-state index in [1.54, 1.807) is 13.2 Å². The summed E-state index contributed by atoms with van der Waals surface area (Å²) in [6.45, 7) is 8.41. The van der Waals surface area contributed by atoms with Gasteiger partial charge in [-0.2, -0.15) is 5.09 Å². The van der Waals surface area contributed by atoms with E-state index in [0.717, 1.165) is 28.0 Å². The van der Waals surface area contributed by atoms with Crippen molar-refractivity contribution in [2.75, 3.05) is 7.11 Å². The van der Waals surface area contributed by atoms with Gasteiger partial charge < -0.3 is 9.63 Å². The van der Waals surface area contributed by atoms with Crippen LogP contribution in [0.3, 0.4) is 0 Å². The maximum absolute atomic E-state index is 16.0. The average Bonchev–Trinajstić information content (AvgIpc) is 3.34. The third-order valence-corrected chi connectivity index (χ3v) is 11.7. The molecular formula is C38H44N3O3P. The monoisotopic (exact) mass is 621 g/mol. The topological polar surface area (TPSA) is 67.9 Å². The molecule has 234 valence electrons. The molecule has 1 heterocycles. The SMILES string of the molecule is COc1ccc([C@H](CC(=O)/C=C/c2ccccc2)N[P+]2([O-])N(C(C)C)[C@@H](c3ccccc3)[C@H](c3ccccc3)N2C(C)C)cc1. The minimum Gasteiger partial charge on any atom is -0.636 e. The summed E-state index contributed by atoms with van der Waals surface area (Å²) in [4.78, 5) is 29.5. The Morgan fingerprint density at radius 1 is 0.778 bits per heavy atom. The summed E-state index contributed by atoms with van der Waals surface area (Å²) in [5, 5.41) is 3.65. The van der Waals surface area contributed by atoms with Gasteiger partial charge in [0.2, 0.25) is 0 Å². The fourth-order valence-corrected chi connectivity index (χ4v) is 10.0. The number of benzene rings is 4. The Kier molecular flexibility index (Phi) is 10.7. The molecule has 0 spiro atoms. The molecule has 5 rings (SSSR count). The zero-order valence-electron chi connectivity index (χ0n) is 26.8. The number of allylic oxidation sites excluding steroid dienone is 1. The molecule has 3 atom stereocenters. The van der Waals surface area contributed by atoms with Crippen molar-refractivity contribution in [1.29, 1.82) is 0 Å². The van der Waals surface area contributed by atoms with E-state index in [1.165, 1.54) is 0 Å². The summed E-state index contributed by atoms with van der Waals surface area (Å²) in [5.41, 5.74) is 4.04. The van der Waals surface area contributed by atoms with Gasteiger partial charge in [-0.05, 0) is 68.2 Å². The number of carbonyl (C=O) groups excluding carboxylic acids is 1. The lowest BCUT2D eigenvalue weighted by Crippen LogP contribution is -2.48. The number of ether oxygens (including phenoxy) is 1. The summed E-state index contributed by atoms with van der Waals surface area (Å²) < 4.78 is 9.76. The van der Waals surface area contributed by atoms with Crippen molar-refractivity contribution < 1.29 is 14.4 Å². The quantitative estimate of drug-likeness (QED) is 0.128. The molecule has 1 saturated heterocycles. The van der Waals surface area contributed by atoms with Crippen molar-refractivity contribution in [2.45, 2.75) is 64.3 Å². The van der Waals surface area contributed by atoms with Gasteiger partial charge in [0.05, 0.1) is 25.2 Å². The highest BCUT2D eigenvalue weighted by molar-refractivity contribution is 7.62. The highest BCUT2D eigenvalue weighted by Gasteiger charge is 2.62. The zero-order chi connectivity index (χ0) is 32.0. The first kappa shape index (κ1) is 32.7. The fourth-order valence-electron chi connectivity index (χ4n) is 6.42. The van der Waals surface area contributed by atoms with Gasteiger partial charge in [0, 0.05) is 18.5 Å². The molecule has 7 heteroatoms. The third kappa shape index (κ3) is 7.27. The van der Waals surface area contributed by atoms with E-state index >= 15 is 4.89 Å². The van der Waals surface area contributed by atoms with E-state index in [0.29, 0.717) is 0 Å². The average molecular weight is 622 g/mol. The molecule has 1 aliphatic rings. The first-order valence-corrected chi connectivity index (χ1v) is 17.3. The largest absolute Gasteiger partial charge is 0.636 e. The van der Waals surface area contributed by atoms with Crippen LogP contribution >= 0.6 is 7.94 Å². The lowest BCUT2D eigenvalue weighted by atomic mass is 9.92. The van der Waals surface area contributed by atoms with Crippen LogP contribution in [0.1, 0.15) is 74.5 Å². The van der Waals surface area contributed by atoms with Gasteiger partial charge in [0.1, 0.15) is 5.75 Å². The van der Waals surface area contributed by atoms with E-state index in [2.05, 4.69) is 66.4 Å². The van der Waals surface area contributed by atoms with Crippen molar-refractivity contribution in [3.05, 3.63) is 144 Å². The minimum absolute atomic E-state index is 0.0515. The molecule has 0 aliphatic carbocycles. The molecule has 0 radical (unpaired) electrons. The summed E-state index contributed by atoms with van der Waals surface area (Å²) in [7, 11) is -1.88. The van der Waals surface area contributed by atoms with Crippen LogP contribution in [0, 0.1) is 0 Å². The number of rotatable bonds is 12. The third-order valence-electron chi connectivity index (χ3n) is 8.34. The Balaban J connectivity index is 1.60. The molecule has 0 unspecified atom stereocenters. The van der Waals surface area contributed by atoms with Crippen molar-refractivity contribution in [2.24, 2.45) is 0 Å². The normalized spacial score (nSPS) is 19.4. The first-order valence-electron chi connectivity index (χ1n) is 15.7. The zero-order valence-corrected chi connectivity index (χ0v) is 27.7. The Morgan fingerprint density at radius 3 is 1.69 bits per heavy atom. The number of ketones is 1. The molecule has 4 aromatic rings. The van der Waals surface area contributed by atoms with E-state index in [1.807, 2.05) is 97.1 Å². The summed E-state index contributed by atoms with van der Waals surface area (Å²) in [6, 6.07) is 37.2. The molecule has 0 saturated carbocycles. The Bertz CT molecular complexity index is 1490. The molecule has 1 fully saturated rings. The van der Waals surface area contributed by atoms with E-state index in [4.69, 9.17) is 4.74 Å². The number of nitrogens with one attached hydrogen (secondary N) is 1. The molecule has 0 aromatic heterocycles. The van der Waals surface area contributed by atoms with Gasteiger partial charge in [-0.1, -0.05) is 109 Å². The van der Waals surface area contributed by atoms with Gasteiger partial charge in [-0.15, -0.1) is 9.34 Å². The van der Waals surface area contributed by atoms with E-state index in [-0.39, 0.29) is 36.4 Å². The van der Waals surface area contributed by atoms with Crippen molar-refractivity contribution >= 4 is 19.8 Å². The maximum Gasteiger partial charge on any atom is 0.185 e. The Hall–Kier alpha value is -3.64. The second-order valence-corrected chi connectivity index (χ2v) is 14.3. The maximum atomic E-state index is 16.0. The molecule has 1 aliphatic heterocycles. The molecule has 6 nitrogen and oxygen atoms in total. The van der Waals surface area contributed by atoms with Gasteiger partial charge in [-0.25, -0.2) is 0 Å². The number of methoxy groups -OCH3 is 1.